The molecule has 6 heteroatoms. The van der Waals surface area contributed by atoms with E-state index in [4.69, 9.17) is 4.74 Å². The molecule has 0 unspecified atom stereocenters. The number of hydrogen-bond donors (Lipinski definition) is 3. The molecule has 0 bridgehead atoms. The fraction of sp³-hybridized carbons (Fsp3) is 0.103. The van der Waals surface area contributed by atoms with Gasteiger partial charge in [-0.15, -0.1) is 0 Å². The second kappa shape index (κ2) is 10.7. The molecule has 6 nitrogen and oxygen atoms in total. The maximum absolute atomic E-state index is 14.4. The Kier molecular flexibility index (Phi) is 7.24. The number of carbonyl (C=O) groups is 2. The topological polar surface area (TPSA) is 87.7 Å². The first-order valence-electron chi connectivity index (χ1n) is 11.2. The van der Waals surface area contributed by atoms with Crippen LogP contribution in [-0.2, 0) is 15.0 Å². The molecule has 0 saturated heterocycles. The van der Waals surface area contributed by atoms with Crippen molar-refractivity contribution in [1.29, 1.82) is 0 Å². The number of hydroxylamine groups is 1. The van der Waals surface area contributed by atoms with Gasteiger partial charge in [0.15, 0.2) is 0 Å². The lowest BCUT2D eigenvalue weighted by molar-refractivity contribution is -0.135. The molecule has 0 aliphatic rings. The van der Waals surface area contributed by atoms with Crippen molar-refractivity contribution in [3.05, 3.63) is 138 Å². The number of amides is 2. The Morgan fingerprint density at radius 3 is 1.51 bits per heavy atom. The molecule has 0 fully saturated rings. The zero-order valence-electron chi connectivity index (χ0n) is 19.2. The van der Waals surface area contributed by atoms with Crippen molar-refractivity contribution in [2.45, 2.75) is 11.5 Å². The van der Waals surface area contributed by atoms with Crippen molar-refractivity contribution >= 4 is 11.8 Å². The lowest BCUT2D eigenvalue weighted by Crippen LogP contribution is -2.50. The highest BCUT2D eigenvalue weighted by Crippen LogP contribution is 2.40. The van der Waals surface area contributed by atoms with Gasteiger partial charge in [0.25, 0.3) is 5.91 Å². The summed E-state index contributed by atoms with van der Waals surface area (Å²) in [6.07, 6.45) is 0. The SMILES string of the molecule is COc1ccc([C@@H](NC(=O)C(c2ccccc2)(c2ccccc2)c2ccccc2)C(=O)NO)cc1. The average Bonchev–Trinajstić information content (AvgIpc) is 2.93. The Bertz CT molecular complexity index is 1160. The van der Waals surface area contributed by atoms with E-state index in [1.54, 1.807) is 36.9 Å². The molecule has 0 aromatic heterocycles. The molecule has 0 spiro atoms. The first-order valence-corrected chi connectivity index (χ1v) is 11.2. The van der Waals surface area contributed by atoms with E-state index in [9.17, 15) is 14.8 Å². The first-order chi connectivity index (χ1) is 17.1. The summed E-state index contributed by atoms with van der Waals surface area (Å²) in [4.78, 5) is 27.1. The highest BCUT2D eigenvalue weighted by Gasteiger charge is 2.45. The van der Waals surface area contributed by atoms with Crippen molar-refractivity contribution in [3.63, 3.8) is 0 Å². The number of hydrogen-bond acceptors (Lipinski definition) is 4. The van der Waals surface area contributed by atoms with E-state index < -0.39 is 23.3 Å². The van der Waals surface area contributed by atoms with E-state index in [0.29, 0.717) is 11.3 Å². The van der Waals surface area contributed by atoms with E-state index in [1.807, 2.05) is 91.0 Å². The van der Waals surface area contributed by atoms with E-state index in [0.717, 1.165) is 16.7 Å². The van der Waals surface area contributed by atoms with Crippen molar-refractivity contribution in [2.24, 2.45) is 0 Å². The predicted molar refractivity (Wildman–Crippen MR) is 133 cm³/mol. The monoisotopic (exact) mass is 466 g/mol. The Balaban J connectivity index is 1.89. The van der Waals surface area contributed by atoms with Crippen molar-refractivity contribution in [3.8, 4) is 5.75 Å². The third-order valence-corrected chi connectivity index (χ3v) is 6.06. The molecule has 1 atom stereocenters. The van der Waals surface area contributed by atoms with Crippen LogP contribution in [-0.4, -0.2) is 24.1 Å². The smallest absolute Gasteiger partial charge is 0.270 e. The van der Waals surface area contributed by atoms with E-state index in [1.165, 1.54) is 0 Å². The summed E-state index contributed by atoms with van der Waals surface area (Å²) in [6, 6.07) is 33.9. The average molecular weight is 467 g/mol. The van der Waals surface area contributed by atoms with Crippen LogP contribution < -0.4 is 15.5 Å². The Morgan fingerprint density at radius 1 is 0.714 bits per heavy atom. The quantitative estimate of drug-likeness (QED) is 0.204. The van der Waals surface area contributed by atoms with Gasteiger partial charge >= 0.3 is 0 Å². The second-order valence-electron chi connectivity index (χ2n) is 8.00. The Hall–Kier alpha value is -4.42. The number of ether oxygens (including phenoxy) is 1. The van der Waals surface area contributed by atoms with Gasteiger partial charge in [0.05, 0.1) is 7.11 Å². The molecular formula is C29H26N2O4. The molecule has 0 aliphatic carbocycles. The molecule has 0 radical (unpaired) electrons. The van der Waals surface area contributed by atoms with Crippen LogP contribution >= 0.6 is 0 Å². The standard InChI is InChI=1S/C29H26N2O4/c1-35-25-19-17-21(18-20-25)26(27(32)31-34)30-28(33)29(22-11-5-2-6-12-22,23-13-7-3-8-14-23)24-15-9-4-10-16-24/h2-20,26,34H,1H3,(H,30,33)(H,31,32)/t26-/m1/s1. The van der Waals surface area contributed by atoms with Gasteiger partial charge in [-0.25, -0.2) is 5.48 Å². The second-order valence-corrected chi connectivity index (χ2v) is 8.00. The van der Waals surface area contributed by atoms with Crippen LogP contribution in [0.4, 0.5) is 0 Å². The van der Waals surface area contributed by atoms with Gasteiger partial charge < -0.3 is 10.1 Å². The van der Waals surface area contributed by atoms with Crippen LogP contribution in [0.15, 0.2) is 115 Å². The van der Waals surface area contributed by atoms with Crippen LogP contribution in [0.1, 0.15) is 28.3 Å². The number of methoxy groups -OCH3 is 1. The molecular weight excluding hydrogens is 440 g/mol. The zero-order valence-corrected chi connectivity index (χ0v) is 19.2. The summed E-state index contributed by atoms with van der Waals surface area (Å²) in [5.74, 6) is -0.562. The normalized spacial score (nSPS) is 11.8. The van der Waals surface area contributed by atoms with Gasteiger partial charge in [0.1, 0.15) is 17.2 Å². The van der Waals surface area contributed by atoms with Crippen LogP contribution in [0.3, 0.4) is 0 Å². The maximum atomic E-state index is 14.4. The van der Waals surface area contributed by atoms with E-state index in [2.05, 4.69) is 5.32 Å². The van der Waals surface area contributed by atoms with Crippen LogP contribution in [0.5, 0.6) is 5.75 Å². The Labute approximate surface area is 204 Å². The van der Waals surface area contributed by atoms with Crippen LogP contribution in [0, 0.1) is 0 Å². The number of carbonyl (C=O) groups excluding carboxylic acids is 2. The van der Waals surface area contributed by atoms with Crippen molar-refractivity contribution in [2.75, 3.05) is 7.11 Å². The third kappa shape index (κ3) is 4.65. The van der Waals surface area contributed by atoms with Crippen molar-refractivity contribution in [1.82, 2.24) is 10.8 Å². The summed E-state index contributed by atoms with van der Waals surface area (Å²) >= 11 is 0. The molecule has 4 aromatic carbocycles. The fourth-order valence-electron chi connectivity index (χ4n) is 4.36. The molecule has 35 heavy (non-hydrogen) atoms. The summed E-state index contributed by atoms with van der Waals surface area (Å²) in [7, 11) is 1.54. The van der Waals surface area contributed by atoms with Gasteiger partial charge in [-0.1, -0.05) is 103 Å². The van der Waals surface area contributed by atoms with Gasteiger partial charge in [-0.3, -0.25) is 14.8 Å². The highest BCUT2D eigenvalue weighted by atomic mass is 16.5. The molecule has 176 valence electrons. The van der Waals surface area contributed by atoms with E-state index >= 15 is 0 Å². The summed E-state index contributed by atoms with van der Waals surface area (Å²) in [6.45, 7) is 0. The lowest BCUT2D eigenvalue weighted by Gasteiger charge is -2.35. The minimum absolute atomic E-state index is 0.412. The van der Waals surface area contributed by atoms with Gasteiger partial charge in [-0.05, 0) is 34.4 Å². The van der Waals surface area contributed by atoms with Gasteiger partial charge in [0.2, 0.25) is 5.91 Å². The zero-order chi connectivity index (χ0) is 24.7. The largest absolute Gasteiger partial charge is 0.497 e. The molecule has 4 rings (SSSR count). The predicted octanol–water partition coefficient (Wildman–Crippen LogP) is 4.39. The minimum atomic E-state index is -1.26. The van der Waals surface area contributed by atoms with E-state index in [-0.39, 0.29) is 0 Å². The minimum Gasteiger partial charge on any atom is -0.497 e. The van der Waals surface area contributed by atoms with Crippen LogP contribution in [0.2, 0.25) is 0 Å². The first kappa shape index (κ1) is 23.7. The number of nitrogens with one attached hydrogen (secondary N) is 2. The van der Waals surface area contributed by atoms with Gasteiger partial charge in [0, 0.05) is 0 Å². The van der Waals surface area contributed by atoms with Crippen molar-refractivity contribution < 1.29 is 19.5 Å². The highest BCUT2D eigenvalue weighted by molar-refractivity contribution is 5.99. The third-order valence-electron chi connectivity index (χ3n) is 6.06. The number of rotatable bonds is 8. The summed E-state index contributed by atoms with van der Waals surface area (Å²) in [5, 5.41) is 12.4. The molecule has 4 aromatic rings. The summed E-state index contributed by atoms with van der Waals surface area (Å²) in [5.41, 5.74) is 3.15. The van der Waals surface area contributed by atoms with Gasteiger partial charge in [-0.2, -0.15) is 0 Å². The summed E-state index contributed by atoms with van der Waals surface area (Å²) < 4.78 is 5.21. The maximum Gasteiger partial charge on any atom is 0.270 e. The number of benzene rings is 4. The molecule has 0 saturated carbocycles. The molecule has 0 aliphatic heterocycles. The van der Waals surface area contributed by atoms with Crippen LogP contribution in [0.25, 0.3) is 0 Å². The molecule has 0 heterocycles. The molecule has 2 amide bonds. The Morgan fingerprint density at radius 2 is 1.14 bits per heavy atom. The molecule has 3 N–H and O–H groups in total. The fourth-order valence-corrected chi connectivity index (χ4v) is 4.36. The lowest BCUT2D eigenvalue weighted by atomic mass is 9.68.